The molecule has 0 bridgehead atoms. The van der Waals surface area contributed by atoms with Crippen LogP contribution in [0.3, 0.4) is 0 Å². The summed E-state index contributed by atoms with van der Waals surface area (Å²) in [6.45, 7) is 1.85. The Bertz CT molecular complexity index is 3590. The fraction of sp³-hybridized carbons (Fsp3) is 0.0189. The van der Waals surface area contributed by atoms with E-state index in [0.717, 1.165) is 89.1 Å². The number of aryl methyl sites for hydroxylation is 1. The normalized spacial score (nSPS) is 12.2. The van der Waals surface area contributed by atoms with Crippen LogP contribution in [0.5, 0.6) is 0 Å². The van der Waals surface area contributed by atoms with E-state index in [2.05, 4.69) is 28.7 Å². The van der Waals surface area contributed by atoms with Crippen molar-refractivity contribution in [3.05, 3.63) is 172 Å². The van der Waals surface area contributed by atoms with Gasteiger partial charge < -0.3 is 4.42 Å². The number of hydrogen-bond acceptors (Lipinski definition) is 2. The maximum atomic E-state index is 15.4. The van der Waals surface area contributed by atoms with Gasteiger partial charge in [-0.05, 0) is 107 Å². The summed E-state index contributed by atoms with van der Waals surface area (Å²) in [6, 6.07) is 38.1. The van der Waals surface area contributed by atoms with Crippen molar-refractivity contribution in [3.8, 4) is 44.5 Å². The van der Waals surface area contributed by atoms with Crippen LogP contribution in [0, 0.1) is 39.6 Å². The van der Waals surface area contributed by atoms with Crippen LogP contribution < -0.4 is 3.12 Å². The van der Waals surface area contributed by atoms with Crippen LogP contribution in [-0.2, 0) is 0 Å². The van der Waals surface area contributed by atoms with Gasteiger partial charge in [0.05, 0.1) is 0 Å². The van der Waals surface area contributed by atoms with Crippen LogP contribution >= 0.6 is 22.6 Å². The summed E-state index contributed by atoms with van der Waals surface area (Å²) >= 11 is 2.55. The van der Waals surface area contributed by atoms with Crippen molar-refractivity contribution in [2.24, 2.45) is 0 Å². The molecule has 0 aliphatic carbocycles. The predicted octanol–water partition coefficient (Wildman–Crippen LogP) is 15.5. The van der Waals surface area contributed by atoms with Crippen LogP contribution in [0.15, 0.2) is 142 Å². The van der Waals surface area contributed by atoms with E-state index in [1.54, 1.807) is 6.07 Å². The van der Waals surface area contributed by atoms with Crippen LogP contribution in [0.4, 0.5) is 22.0 Å². The molecule has 294 valence electrons. The minimum absolute atomic E-state index is 0.296. The molecule has 0 unspecified atom stereocenters. The fourth-order valence-electron chi connectivity index (χ4n) is 9.49. The van der Waals surface area contributed by atoms with Gasteiger partial charge in [0.2, 0.25) is 0 Å². The summed E-state index contributed by atoms with van der Waals surface area (Å²) in [5.41, 5.74) is 8.38. The zero-order valence-corrected chi connectivity index (χ0v) is 39.0. The second-order valence-corrected chi connectivity index (χ2v) is 19.9. The maximum absolute atomic E-state index is 15.4. The summed E-state index contributed by atoms with van der Waals surface area (Å²) in [5.74, 6) is -2.45. The zero-order chi connectivity index (χ0) is 42.3. The average Bonchev–Trinajstić information content (AvgIpc) is 3.78. The Morgan fingerprint density at radius 3 is 1.37 bits per heavy atom. The Morgan fingerprint density at radius 2 is 0.855 bits per heavy atom. The first-order chi connectivity index (χ1) is 29.9. The van der Waals surface area contributed by atoms with Crippen molar-refractivity contribution in [1.29, 1.82) is 0 Å². The fourth-order valence-corrected chi connectivity index (χ4v) is 11.4. The SMILES string of the molecule is Cc1cc(F)cc(-c2cc3c4oc5cc(-c6cc(F)c[c]([Tl])c6)ccc5c4cc4c(-c5cc(F)cc(F)c5)cc5c6oc7cc(-c8cc(F)cc(I)c8)ccc7c6cc2c5c43)c1. The van der Waals surface area contributed by atoms with Crippen molar-refractivity contribution in [2.45, 2.75) is 6.92 Å². The van der Waals surface area contributed by atoms with Gasteiger partial charge in [-0.2, -0.15) is 0 Å². The molecule has 0 N–H and O–H groups in total. The predicted molar refractivity (Wildman–Crippen MR) is 249 cm³/mol. The topological polar surface area (TPSA) is 26.3 Å². The Kier molecular flexibility index (Phi) is 8.44. The second kappa shape index (κ2) is 13.8. The number of furan rings is 2. The van der Waals surface area contributed by atoms with E-state index >= 15 is 13.2 Å². The molecule has 0 radical (unpaired) electrons. The van der Waals surface area contributed by atoms with Gasteiger partial charge >= 0.3 is 186 Å². The first-order valence-corrected chi connectivity index (χ1v) is 23.0. The van der Waals surface area contributed by atoms with Crippen molar-refractivity contribution in [1.82, 2.24) is 0 Å². The Hall–Kier alpha value is -5.86. The second-order valence-electron chi connectivity index (χ2n) is 16.0. The maximum Gasteiger partial charge on any atom is -0.0512 e. The van der Waals surface area contributed by atoms with Gasteiger partial charge in [0.25, 0.3) is 0 Å². The van der Waals surface area contributed by atoms with E-state index in [1.807, 2.05) is 79.7 Å². The smallest absolute Gasteiger partial charge is 0.0512 e. The number of halogens is 6. The van der Waals surface area contributed by atoms with Crippen LogP contribution in [0.2, 0.25) is 0 Å². The molecule has 9 heteroatoms. The van der Waals surface area contributed by atoms with E-state index < -0.39 is 11.6 Å². The van der Waals surface area contributed by atoms with Gasteiger partial charge in [0.15, 0.2) is 0 Å². The number of benzene rings is 10. The van der Waals surface area contributed by atoms with Gasteiger partial charge in [-0.25, -0.2) is 17.6 Å². The molecule has 0 fully saturated rings. The molecular formula is C53H25F5IO2Tl. The molecule has 0 aliphatic rings. The van der Waals surface area contributed by atoms with Gasteiger partial charge in [-0.3, -0.25) is 0 Å². The van der Waals surface area contributed by atoms with Crippen molar-refractivity contribution in [3.63, 3.8) is 0 Å². The molecule has 0 saturated carbocycles. The molecule has 0 amide bonds. The molecule has 0 aliphatic heterocycles. The number of rotatable bonds is 4. The molecule has 10 aromatic carbocycles. The minimum atomic E-state index is -0.718. The van der Waals surface area contributed by atoms with E-state index in [1.165, 1.54) is 42.5 Å². The van der Waals surface area contributed by atoms with Crippen molar-refractivity contribution in [2.75, 3.05) is 0 Å². The van der Waals surface area contributed by atoms with E-state index in [0.29, 0.717) is 75.7 Å². The van der Waals surface area contributed by atoms with E-state index in [-0.39, 0.29) is 17.5 Å². The van der Waals surface area contributed by atoms with Crippen LogP contribution in [0.1, 0.15) is 5.56 Å². The third-order valence-corrected chi connectivity index (χ3v) is 13.9. The summed E-state index contributed by atoms with van der Waals surface area (Å²) in [4.78, 5) is 0. The summed E-state index contributed by atoms with van der Waals surface area (Å²) in [5, 5.41) is 7.73. The number of hydrogen-bond donors (Lipinski definition) is 0. The summed E-state index contributed by atoms with van der Waals surface area (Å²) in [7, 11) is 0. The molecule has 2 aromatic heterocycles. The van der Waals surface area contributed by atoms with E-state index in [4.69, 9.17) is 8.83 Å². The quantitative estimate of drug-likeness (QED) is 0.0760. The monoisotopic (exact) mass is 1120 g/mol. The summed E-state index contributed by atoms with van der Waals surface area (Å²) < 4.78 is 90.3. The van der Waals surface area contributed by atoms with Crippen LogP contribution in [-0.4, -0.2) is 25.8 Å². The van der Waals surface area contributed by atoms with Crippen LogP contribution in [0.25, 0.3) is 121 Å². The zero-order valence-electron chi connectivity index (χ0n) is 32.4. The molecule has 0 atom stereocenters. The van der Waals surface area contributed by atoms with Gasteiger partial charge in [0, 0.05) is 20.4 Å². The van der Waals surface area contributed by atoms with Gasteiger partial charge in [-0.1, -0.05) is 12.1 Å². The molecule has 2 heterocycles. The Balaban J connectivity index is 1.25. The Morgan fingerprint density at radius 1 is 0.387 bits per heavy atom. The minimum Gasteiger partial charge on any atom is -0.0512 e. The molecular weight excluding hydrogens is 1090 g/mol. The first kappa shape index (κ1) is 37.9. The van der Waals surface area contributed by atoms with Gasteiger partial charge in [0.1, 0.15) is 34.4 Å². The molecule has 0 saturated heterocycles. The van der Waals surface area contributed by atoms with E-state index in [9.17, 15) is 8.78 Å². The molecule has 12 rings (SSSR count). The molecule has 62 heavy (non-hydrogen) atoms. The standard InChI is InChI=1S/C53H25F5IO2.Tl/c1-25-9-30(13-33(55)10-25)40-21-46-51-43(24-45-38-7-5-27(17-48(38)60-52(45)46)26-3-2-4-32(54)11-26)41(31-14-34(56)19-35(57)15-31)22-47-50(51)42(40)23-44-39-8-6-28(18-49(39)61-53(44)47)29-12-36(58)20-37(59)16-29;/h3-24H,1H3;. The number of fused-ring (bicyclic) bond motifs is 8. The third-order valence-electron chi connectivity index (χ3n) is 12.0. The van der Waals surface area contributed by atoms with Crippen molar-refractivity contribution < 1.29 is 30.8 Å². The average molecular weight is 1120 g/mol. The first-order valence-electron chi connectivity index (χ1n) is 19.7. The third kappa shape index (κ3) is 5.96. The van der Waals surface area contributed by atoms with Gasteiger partial charge in [-0.15, -0.1) is 0 Å². The Labute approximate surface area is 378 Å². The van der Waals surface area contributed by atoms with Crippen molar-refractivity contribution >= 4 is 128 Å². The molecule has 12 aromatic rings. The molecule has 2 nitrogen and oxygen atoms in total. The largest absolute Gasteiger partial charge is 0.0512 e. The summed E-state index contributed by atoms with van der Waals surface area (Å²) in [6.07, 6.45) is 0. The molecule has 0 spiro atoms.